The number of esters is 1. The molecule has 0 aromatic carbocycles. The number of aldehydes is 1. The molecule has 0 aromatic rings. The van der Waals surface area contributed by atoms with Crippen molar-refractivity contribution in [1.29, 1.82) is 0 Å². The summed E-state index contributed by atoms with van der Waals surface area (Å²) in [5.41, 5.74) is 2.72. The molecule has 0 saturated heterocycles. The van der Waals surface area contributed by atoms with Crippen molar-refractivity contribution in [1.82, 2.24) is 0 Å². The molecular weight excluding hydrogens is 384 g/mol. The molecule has 0 bridgehead atoms. The Morgan fingerprint density at radius 3 is 2.00 bits per heavy atom. The lowest BCUT2D eigenvalue weighted by molar-refractivity contribution is -0.138. The zero-order chi connectivity index (χ0) is 23.9. The summed E-state index contributed by atoms with van der Waals surface area (Å²) >= 11 is 0. The zero-order valence-corrected chi connectivity index (χ0v) is 21.5. The van der Waals surface area contributed by atoms with E-state index in [-0.39, 0.29) is 5.97 Å². The van der Waals surface area contributed by atoms with Gasteiger partial charge in [0.2, 0.25) is 0 Å². The average molecular weight is 435 g/mol. The van der Waals surface area contributed by atoms with Crippen molar-refractivity contribution in [2.75, 3.05) is 0 Å². The van der Waals surface area contributed by atoms with Gasteiger partial charge in [0.25, 0.3) is 0 Å². The normalized spacial score (nSPS) is 12.4. The molecule has 0 aliphatic rings. The molecule has 0 heterocycles. The summed E-state index contributed by atoms with van der Waals surface area (Å²) in [5.74, 6) is 0.889. The Morgan fingerprint density at radius 1 is 0.871 bits per heavy atom. The van der Waals surface area contributed by atoms with Gasteiger partial charge in [-0.2, -0.15) is 0 Å². The number of unbranched alkanes of at least 4 members (excludes halogenated alkanes) is 4. The van der Waals surface area contributed by atoms with Crippen LogP contribution in [0.3, 0.4) is 0 Å². The summed E-state index contributed by atoms with van der Waals surface area (Å²) in [6.07, 6.45) is 20.5. The van der Waals surface area contributed by atoms with Gasteiger partial charge in [-0.05, 0) is 77.7 Å². The number of allylic oxidation sites excluding steroid dienone is 5. The molecule has 3 nitrogen and oxygen atoms in total. The number of carbonyl (C=O) groups excluding carboxylic acids is 2. The van der Waals surface area contributed by atoms with E-state index in [4.69, 9.17) is 4.74 Å². The number of hydrogen-bond acceptors (Lipinski definition) is 3. The van der Waals surface area contributed by atoms with E-state index in [1.807, 2.05) is 6.08 Å². The minimum absolute atomic E-state index is 0.103. The molecule has 0 fully saturated rings. The predicted molar refractivity (Wildman–Crippen MR) is 135 cm³/mol. The molecule has 0 rings (SSSR count). The summed E-state index contributed by atoms with van der Waals surface area (Å²) in [5, 5.41) is 0. The Bertz CT molecular complexity index is 520. The molecular formula is C28H50O3. The maximum Gasteiger partial charge on any atom is 0.310 e. The minimum Gasteiger partial charge on any atom is -0.435 e. The van der Waals surface area contributed by atoms with Gasteiger partial charge < -0.3 is 9.53 Å². The fourth-order valence-electron chi connectivity index (χ4n) is 2.85. The van der Waals surface area contributed by atoms with Crippen LogP contribution in [0.5, 0.6) is 0 Å². The molecule has 0 amide bonds. The Hall–Kier alpha value is -1.64. The van der Waals surface area contributed by atoms with Crippen LogP contribution in [0.4, 0.5) is 0 Å². The van der Waals surface area contributed by atoms with E-state index < -0.39 is 0 Å². The van der Waals surface area contributed by atoms with E-state index >= 15 is 0 Å². The van der Waals surface area contributed by atoms with E-state index in [0.29, 0.717) is 24.7 Å². The molecule has 0 aromatic heterocycles. The lowest BCUT2D eigenvalue weighted by atomic mass is 10.0. The number of ether oxygens (including phenoxy) is 1. The lowest BCUT2D eigenvalue weighted by Gasteiger charge is -2.04. The SMILES string of the molecule is CC(C)=CCCC(C)CC=O.CCCCCCCC(=O)OC=CC(C)CCC=C(C)C. The van der Waals surface area contributed by atoms with E-state index in [2.05, 4.69) is 60.6 Å². The van der Waals surface area contributed by atoms with Gasteiger partial charge >= 0.3 is 5.97 Å². The first kappa shape index (κ1) is 31.5. The first-order chi connectivity index (χ1) is 14.7. The molecule has 2 unspecified atom stereocenters. The molecule has 31 heavy (non-hydrogen) atoms. The van der Waals surface area contributed by atoms with Crippen LogP contribution in [0.2, 0.25) is 0 Å². The Labute approximate surface area is 193 Å². The van der Waals surface area contributed by atoms with Gasteiger partial charge in [-0.1, -0.05) is 69.8 Å². The Morgan fingerprint density at radius 2 is 1.45 bits per heavy atom. The fraction of sp³-hybridized carbons (Fsp3) is 0.714. The van der Waals surface area contributed by atoms with Crippen molar-refractivity contribution >= 4 is 12.3 Å². The first-order valence-electron chi connectivity index (χ1n) is 12.3. The van der Waals surface area contributed by atoms with Crippen LogP contribution in [-0.2, 0) is 14.3 Å². The largest absolute Gasteiger partial charge is 0.435 e. The second kappa shape index (κ2) is 23.0. The summed E-state index contributed by atoms with van der Waals surface area (Å²) in [4.78, 5) is 21.6. The monoisotopic (exact) mass is 434 g/mol. The molecule has 0 saturated carbocycles. The van der Waals surface area contributed by atoms with Crippen molar-refractivity contribution in [3.05, 3.63) is 35.6 Å². The van der Waals surface area contributed by atoms with Crippen molar-refractivity contribution in [3.8, 4) is 0 Å². The number of hydrogen-bond donors (Lipinski definition) is 0. The van der Waals surface area contributed by atoms with Crippen LogP contribution in [0.1, 0.15) is 119 Å². The van der Waals surface area contributed by atoms with Gasteiger partial charge in [0.15, 0.2) is 0 Å². The van der Waals surface area contributed by atoms with Crippen LogP contribution >= 0.6 is 0 Å². The van der Waals surface area contributed by atoms with Gasteiger partial charge in [0.05, 0.1) is 6.26 Å². The van der Waals surface area contributed by atoms with Gasteiger partial charge in [-0.15, -0.1) is 0 Å². The quantitative estimate of drug-likeness (QED) is 0.0801. The van der Waals surface area contributed by atoms with Crippen molar-refractivity contribution in [2.45, 2.75) is 119 Å². The zero-order valence-electron chi connectivity index (χ0n) is 21.5. The topological polar surface area (TPSA) is 43.4 Å². The first-order valence-corrected chi connectivity index (χ1v) is 12.3. The summed E-state index contributed by atoms with van der Waals surface area (Å²) in [6, 6.07) is 0. The van der Waals surface area contributed by atoms with E-state index in [1.165, 1.54) is 30.4 Å². The fourth-order valence-corrected chi connectivity index (χ4v) is 2.85. The Kier molecular flexibility index (Phi) is 23.4. The summed E-state index contributed by atoms with van der Waals surface area (Å²) < 4.78 is 5.11. The summed E-state index contributed by atoms with van der Waals surface area (Å²) in [6.45, 7) is 14.9. The second-order valence-electron chi connectivity index (χ2n) is 9.19. The molecule has 2 atom stereocenters. The second-order valence-corrected chi connectivity index (χ2v) is 9.19. The van der Waals surface area contributed by atoms with Crippen LogP contribution < -0.4 is 0 Å². The van der Waals surface area contributed by atoms with E-state index in [1.54, 1.807) is 6.26 Å². The highest BCUT2D eigenvalue weighted by Crippen LogP contribution is 2.11. The van der Waals surface area contributed by atoms with E-state index in [0.717, 1.165) is 44.8 Å². The highest BCUT2D eigenvalue weighted by molar-refractivity contribution is 5.69. The van der Waals surface area contributed by atoms with Crippen molar-refractivity contribution in [2.24, 2.45) is 11.8 Å². The maximum absolute atomic E-state index is 11.5. The highest BCUT2D eigenvalue weighted by Gasteiger charge is 2.01. The maximum atomic E-state index is 11.5. The van der Waals surface area contributed by atoms with Crippen LogP contribution in [0.15, 0.2) is 35.6 Å². The van der Waals surface area contributed by atoms with Crippen LogP contribution in [0, 0.1) is 11.8 Å². The molecule has 0 aliphatic heterocycles. The molecule has 3 heteroatoms. The molecule has 0 radical (unpaired) electrons. The minimum atomic E-state index is -0.103. The smallest absolute Gasteiger partial charge is 0.310 e. The standard InChI is InChI=1S/C18H32O2.C10H18O/c1-5-6-7-8-9-13-18(19)20-15-14-17(4)12-10-11-16(2)3;1-9(2)5-4-6-10(3)7-8-11/h11,14-15,17H,5-10,12-13H2,1-4H3;5,8,10H,4,6-7H2,1-3H3. The number of rotatable bonds is 16. The molecule has 180 valence electrons. The lowest BCUT2D eigenvalue weighted by Crippen LogP contribution is -1.99. The third-order valence-corrected chi connectivity index (χ3v) is 4.98. The van der Waals surface area contributed by atoms with Gasteiger partial charge in [0.1, 0.15) is 6.29 Å². The number of carbonyl (C=O) groups is 2. The summed E-state index contributed by atoms with van der Waals surface area (Å²) in [7, 11) is 0. The van der Waals surface area contributed by atoms with Crippen LogP contribution in [-0.4, -0.2) is 12.3 Å². The molecule has 0 spiro atoms. The van der Waals surface area contributed by atoms with Gasteiger partial charge in [-0.25, -0.2) is 0 Å². The van der Waals surface area contributed by atoms with E-state index in [9.17, 15) is 9.59 Å². The Balaban J connectivity index is 0. The van der Waals surface area contributed by atoms with Crippen molar-refractivity contribution in [3.63, 3.8) is 0 Å². The van der Waals surface area contributed by atoms with Crippen molar-refractivity contribution < 1.29 is 14.3 Å². The molecule has 0 N–H and O–H groups in total. The third kappa shape index (κ3) is 28.4. The predicted octanol–water partition coefficient (Wildman–Crippen LogP) is 8.74. The van der Waals surface area contributed by atoms with Gasteiger partial charge in [-0.3, -0.25) is 4.79 Å². The average Bonchev–Trinajstić information content (AvgIpc) is 2.68. The van der Waals surface area contributed by atoms with Crippen LogP contribution in [0.25, 0.3) is 0 Å². The van der Waals surface area contributed by atoms with Gasteiger partial charge in [0, 0.05) is 12.8 Å². The molecule has 0 aliphatic carbocycles. The highest BCUT2D eigenvalue weighted by atomic mass is 16.5. The third-order valence-electron chi connectivity index (χ3n) is 4.98.